The molecule has 4 nitrogen and oxygen atoms in total. The third-order valence-electron chi connectivity index (χ3n) is 3.41. The minimum absolute atomic E-state index is 0.133. The molecule has 3 rings (SSSR count). The zero-order valence-corrected chi connectivity index (χ0v) is 7.49. The highest BCUT2D eigenvalue weighted by Crippen LogP contribution is 2.52. The molecule has 2 unspecified atom stereocenters. The van der Waals surface area contributed by atoms with Crippen molar-refractivity contribution in [3.63, 3.8) is 0 Å². The number of hydrogen-bond acceptors (Lipinski definition) is 4. The van der Waals surface area contributed by atoms with Crippen LogP contribution in [0.25, 0.3) is 0 Å². The molecule has 0 bridgehead atoms. The summed E-state index contributed by atoms with van der Waals surface area (Å²) in [5, 5.41) is 9.12. The summed E-state index contributed by atoms with van der Waals surface area (Å²) >= 11 is 0. The molecule has 3 aliphatic rings. The SMILES string of the molecule is OCC12CCC3(CC1O2)OCCO3. The molecule has 1 spiro atoms. The molecule has 13 heavy (non-hydrogen) atoms. The molecular weight excluding hydrogens is 172 g/mol. The van der Waals surface area contributed by atoms with Gasteiger partial charge in [-0.2, -0.15) is 0 Å². The summed E-state index contributed by atoms with van der Waals surface area (Å²) in [5.74, 6) is -0.375. The molecule has 1 N–H and O–H groups in total. The van der Waals surface area contributed by atoms with Crippen molar-refractivity contribution in [3.05, 3.63) is 0 Å². The molecule has 0 radical (unpaired) electrons. The van der Waals surface area contributed by atoms with Crippen LogP contribution < -0.4 is 0 Å². The summed E-state index contributed by atoms with van der Waals surface area (Å²) in [7, 11) is 0. The zero-order valence-electron chi connectivity index (χ0n) is 7.49. The first-order valence-electron chi connectivity index (χ1n) is 4.85. The Hall–Kier alpha value is -0.160. The lowest BCUT2D eigenvalue weighted by atomic mass is 9.85. The van der Waals surface area contributed by atoms with E-state index in [0.717, 1.165) is 19.3 Å². The Bertz CT molecular complexity index is 224. The van der Waals surface area contributed by atoms with Gasteiger partial charge in [-0.25, -0.2) is 0 Å². The van der Waals surface area contributed by atoms with E-state index in [0.29, 0.717) is 13.2 Å². The number of ether oxygens (including phenoxy) is 3. The van der Waals surface area contributed by atoms with Crippen LogP contribution in [0.15, 0.2) is 0 Å². The minimum Gasteiger partial charge on any atom is -0.393 e. The lowest BCUT2D eigenvalue weighted by Crippen LogP contribution is -2.40. The molecule has 0 aromatic heterocycles. The lowest BCUT2D eigenvalue weighted by Gasteiger charge is -2.31. The average Bonchev–Trinajstić information content (AvgIpc) is 2.69. The van der Waals surface area contributed by atoms with Gasteiger partial charge in [0.25, 0.3) is 0 Å². The van der Waals surface area contributed by atoms with Crippen LogP contribution in [0, 0.1) is 0 Å². The van der Waals surface area contributed by atoms with Gasteiger partial charge in [0, 0.05) is 12.8 Å². The quantitative estimate of drug-likeness (QED) is 0.587. The molecule has 1 saturated carbocycles. The van der Waals surface area contributed by atoms with Gasteiger partial charge in [0.1, 0.15) is 5.60 Å². The van der Waals surface area contributed by atoms with Gasteiger partial charge in [-0.15, -0.1) is 0 Å². The zero-order chi connectivity index (χ0) is 8.94. The van der Waals surface area contributed by atoms with Gasteiger partial charge >= 0.3 is 0 Å². The Labute approximate surface area is 76.8 Å². The number of aliphatic hydroxyl groups excluding tert-OH is 1. The summed E-state index contributed by atoms with van der Waals surface area (Å²) < 4.78 is 16.7. The molecule has 0 aromatic rings. The summed E-state index contributed by atoms with van der Waals surface area (Å²) in [5.41, 5.74) is -0.236. The summed E-state index contributed by atoms with van der Waals surface area (Å²) in [6.07, 6.45) is 2.65. The molecule has 0 amide bonds. The first-order valence-corrected chi connectivity index (χ1v) is 4.85. The summed E-state index contributed by atoms with van der Waals surface area (Å²) in [4.78, 5) is 0. The fraction of sp³-hybridized carbons (Fsp3) is 1.00. The first-order chi connectivity index (χ1) is 6.29. The Morgan fingerprint density at radius 2 is 2.00 bits per heavy atom. The van der Waals surface area contributed by atoms with Crippen LogP contribution in [0.5, 0.6) is 0 Å². The molecule has 74 valence electrons. The molecule has 2 atom stereocenters. The minimum atomic E-state index is -0.375. The number of fused-ring (bicyclic) bond motifs is 1. The normalized spacial score (nSPS) is 46.4. The fourth-order valence-corrected chi connectivity index (χ4v) is 2.46. The molecule has 3 fully saturated rings. The first kappa shape index (κ1) is 8.17. The maximum Gasteiger partial charge on any atom is 0.171 e. The third-order valence-corrected chi connectivity index (χ3v) is 3.41. The van der Waals surface area contributed by atoms with E-state index in [4.69, 9.17) is 19.3 Å². The van der Waals surface area contributed by atoms with Crippen LogP contribution in [0.3, 0.4) is 0 Å². The van der Waals surface area contributed by atoms with E-state index in [2.05, 4.69) is 0 Å². The van der Waals surface area contributed by atoms with Crippen LogP contribution >= 0.6 is 0 Å². The van der Waals surface area contributed by atoms with Gasteiger partial charge in [0.05, 0.1) is 25.9 Å². The molecule has 0 aromatic carbocycles. The Balaban J connectivity index is 1.72. The highest BCUT2D eigenvalue weighted by Gasteiger charge is 2.63. The van der Waals surface area contributed by atoms with Gasteiger partial charge in [0.2, 0.25) is 0 Å². The second-order valence-corrected chi connectivity index (χ2v) is 4.14. The molecule has 2 aliphatic heterocycles. The summed E-state index contributed by atoms with van der Waals surface area (Å²) in [6.45, 7) is 1.52. The molecule has 1 aliphatic carbocycles. The van der Waals surface area contributed by atoms with Crippen molar-refractivity contribution in [2.75, 3.05) is 19.8 Å². The van der Waals surface area contributed by atoms with Crippen molar-refractivity contribution >= 4 is 0 Å². The predicted octanol–water partition coefficient (Wildman–Crippen LogP) is 0.0433. The molecule has 2 saturated heterocycles. The van der Waals surface area contributed by atoms with Crippen molar-refractivity contribution in [2.45, 2.75) is 36.8 Å². The monoisotopic (exact) mass is 186 g/mol. The Morgan fingerprint density at radius 1 is 1.23 bits per heavy atom. The van der Waals surface area contributed by atoms with Crippen molar-refractivity contribution in [1.82, 2.24) is 0 Å². The second-order valence-electron chi connectivity index (χ2n) is 4.14. The lowest BCUT2D eigenvalue weighted by molar-refractivity contribution is -0.176. The number of rotatable bonds is 1. The van der Waals surface area contributed by atoms with Crippen molar-refractivity contribution in [1.29, 1.82) is 0 Å². The van der Waals surface area contributed by atoms with E-state index in [1.54, 1.807) is 0 Å². The highest BCUT2D eigenvalue weighted by molar-refractivity contribution is 5.09. The van der Waals surface area contributed by atoms with Crippen LogP contribution in [0.2, 0.25) is 0 Å². The second kappa shape index (κ2) is 2.45. The van der Waals surface area contributed by atoms with Gasteiger partial charge in [0.15, 0.2) is 5.79 Å². The number of epoxide rings is 1. The van der Waals surface area contributed by atoms with E-state index in [9.17, 15) is 0 Å². The van der Waals surface area contributed by atoms with E-state index in [-0.39, 0.29) is 24.1 Å². The van der Waals surface area contributed by atoms with Gasteiger partial charge in [-0.3, -0.25) is 0 Å². The van der Waals surface area contributed by atoms with E-state index in [1.807, 2.05) is 0 Å². The average molecular weight is 186 g/mol. The fourth-order valence-electron chi connectivity index (χ4n) is 2.46. The smallest absolute Gasteiger partial charge is 0.171 e. The standard InChI is InChI=1S/C9H14O4/c10-6-8-1-2-9(5-7(8)13-8)11-3-4-12-9/h7,10H,1-6H2. The van der Waals surface area contributed by atoms with Crippen molar-refractivity contribution < 1.29 is 19.3 Å². The number of aliphatic hydroxyl groups is 1. The summed E-state index contributed by atoms with van der Waals surface area (Å²) in [6, 6.07) is 0. The van der Waals surface area contributed by atoms with Crippen LogP contribution in [0.1, 0.15) is 19.3 Å². The Morgan fingerprint density at radius 3 is 2.62 bits per heavy atom. The maximum absolute atomic E-state index is 9.12. The van der Waals surface area contributed by atoms with Crippen molar-refractivity contribution in [3.8, 4) is 0 Å². The molecule has 4 heteroatoms. The predicted molar refractivity (Wildman–Crippen MR) is 43.2 cm³/mol. The Kier molecular flexibility index (Phi) is 1.54. The maximum atomic E-state index is 9.12. The van der Waals surface area contributed by atoms with Gasteiger partial charge in [-0.1, -0.05) is 0 Å². The third kappa shape index (κ3) is 1.06. The van der Waals surface area contributed by atoms with E-state index >= 15 is 0 Å². The molecular formula is C9H14O4. The van der Waals surface area contributed by atoms with E-state index in [1.165, 1.54) is 0 Å². The van der Waals surface area contributed by atoms with Gasteiger partial charge < -0.3 is 19.3 Å². The van der Waals surface area contributed by atoms with E-state index < -0.39 is 0 Å². The topological polar surface area (TPSA) is 51.2 Å². The number of hydrogen-bond donors (Lipinski definition) is 1. The van der Waals surface area contributed by atoms with Crippen LogP contribution in [-0.2, 0) is 14.2 Å². The van der Waals surface area contributed by atoms with Crippen LogP contribution in [-0.4, -0.2) is 42.4 Å². The van der Waals surface area contributed by atoms with Gasteiger partial charge in [-0.05, 0) is 6.42 Å². The highest BCUT2D eigenvalue weighted by atomic mass is 16.7. The molecule has 2 heterocycles. The van der Waals surface area contributed by atoms with Crippen LogP contribution in [0.4, 0.5) is 0 Å². The largest absolute Gasteiger partial charge is 0.393 e. The van der Waals surface area contributed by atoms with Crippen molar-refractivity contribution in [2.24, 2.45) is 0 Å².